The molecule has 0 saturated heterocycles. The van der Waals surface area contributed by atoms with Crippen molar-refractivity contribution < 1.29 is 0 Å². The topological polar surface area (TPSA) is 30.7 Å². The van der Waals surface area contributed by atoms with Crippen LogP contribution >= 0.6 is 0 Å². The van der Waals surface area contributed by atoms with Crippen molar-refractivity contribution in [1.82, 2.24) is 14.5 Å². The molecule has 0 aliphatic rings. The van der Waals surface area contributed by atoms with Gasteiger partial charge in [0.25, 0.3) is 0 Å². The Balaban J connectivity index is 2.20. The molecule has 2 heterocycles. The molecule has 0 N–H and O–H groups in total. The third-order valence-corrected chi connectivity index (χ3v) is 2.02. The van der Waals surface area contributed by atoms with Crippen molar-refractivity contribution >= 4 is 0 Å². The molecule has 3 nitrogen and oxygen atoms in total. The molecular weight excluding hydrogens is 162 g/mol. The van der Waals surface area contributed by atoms with E-state index in [2.05, 4.69) is 14.5 Å². The van der Waals surface area contributed by atoms with Gasteiger partial charge in [-0.3, -0.25) is 4.98 Å². The van der Waals surface area contributed by atoms with Crippen LogP contribution in [0, 0.1) is 6.92 Å². The fourth-order valence-corrected chi connectivity index (χ4v) is 1.24. The van der Waals surface area contributed by atoms with Crippen molar-refractivity contribution in [2.24, 2.45) is 0 Å². The van der Waals surface area contributed by atoms with Crippen molar-refractivity contribution in [3.63, 3.8) is 0 Å². The van der Waals surface area contributed by atoms with Crippen LogP contribution in [-0.2, 0) is 6.54 Å². The lowest BCUT2D eigenvalue weighted by atomic mass is 10.2. The minimum atomic E-state index is 0.869. The fraction of sp³-hybridized carbons (Fsp3) is 0.200. The van der Waals surface area contributed by atoms with Crippen molar-refractivity contribution in [2.45, 2.75) is 13.5 Å². The highest BCUT2D eigenvalue weighted by Crippen LogP contribution is 2.03. The highest BCUT2D eigenvalue weighted by Gasteiger charge is 1.96. The Labute approximate surface area is 77.1 Å². The Morgan fingerprint density at radius 1 is 1.23 bits per heavy atom. The van der Waals surface area contributed by atoms with Gasteiger partial charge in [0, 0.05) is 30.8 Å². The van der Waals surface area contributed by atoms with Crippen LogP contribution in [0.15, 0.2) is 37.1 Å². The van der Waals surface area contributed by atoms with Crippen molar-refractivity contribution in [1.29, 1.82) is 0 Å². The summed E-state index contributed by atoms with van der Waals surface area (Å²) in [5.41, 5.74) is 2.42. The average Bonchev–Trinajstić information content (AvgIpc) is 2.54. The van der Waals surface area contributed by atoms with Crippen LogP contribution in [0.3, 0.4) is 0 Å². The van der Waals surface area contributed by atoms with Crippen molar-refractivity contribution in [3.8, 4) is 0 Å². The number of imidazole rings is 1. The number of hydrogen-bond donors (Lipinski definition) is 0. The van der Waals surface area contributed by atoms with E-state index < -0.39 is 0 Å². The van der Waals surface area contributed by atoms with Gasteiger partial charge in [0.1, 0.15) is 0 Å². The highest BCUT2D eigenvalue weighted by atomic mass is 15.0. The van der Waals surface area contributed by atoms with Crippen LogP contribution in [0.2, 0.25) is 0 Å². The molecule has 0 bridgehead atoms. The molecule has 0 unspecified atom stereocenters. The van der Waals surface area contributed by atoms with E-state index in [0.717, 1.165) is 6.54 Å². The predicted molar refractivity (Wildman–Crippen MR) is 50.3 cm³/mol. The molecule has 0 aromatic carbocycles. The number of nitrogens with zero attached hydrogens (tertiary/aromatic N) is 3. The van der Waals surface area contributed by atoms with E-state index in [-0.39, 0.29) is 0 Å². The summed E-state index contributed by atoms with van der Waals surface area (Å²) in [6.07, 6.45) is 7.32. The predicted octanol–water partition coefficient (Wildman–Crippen LogP) is 1.63. The molecule has 2 aromatic heterocycles. The Kier molecular flexibility index (Phi) is 2.08. The van der Waals surface area contributed by atoms with E-state index in [1.165, 1.54) is 11.3 Å². The zero-order valence-corrected chi connectivity index (χ0v) is 7.51. The maximum Gasteiger partial charge on any atom is 0.0951 e. The summed E-state index contributed by atoms with van der Waals surface area (Å²) in [6, 6.07) is 4.03. The van der Waals surface area contributed by atoms with E-state index in [9.17, 15) is 0 Å². The number of aryl methyl sites for hydroxylation is 1. The summed E-state index contributed by atoms with van der Waals surface area (Å²) >= 11 is 0. The summed E-state index contributed by atoms with van der Waals surface area (Å²) in [6.45, 7) is 2.92. The molecule has 0 saturated carbocycles. The van der Waals surface area contributed by atoms with E-state index in [1.807, 2.05) is 44.0 Å². The molecular formula is C10H11N3. The monoisotopic (exact) mass is 173 g/mol. The Morgan fingerprint density at radius 2 is 2.00 bits per heavy atom. The Bertz CT molecular complexity index is 378. The quantitative estimate of drug-likeness (QED) is 0.691. The molecule has 2 aromatic rings. The van der Waals surface area contributed by atoms with Crippen LogP contribution in [0.5, 0.6) is 0 Å². The van der Waals surface area contributed by atoms with E-state index in [1.54, 1.807) is 0 Å². The minimum Gasteiger partial charge on any atom is -0.330 e. The Hall–Kier alpha value is -1.64. The molecule has 0 spiro atoms. The number of rotatable bonds is 2. The highest BCUT2D eigenvalue weighted by molar-refractivity contribution is 5.11. The van der Waals surface area contributed by atoms with Gasteiger partial charge in [-0.2, -0.15) is 0 Å². The lowest BCUT2D eigenvalue weighted by Crippen LogP contribution is -1.99. The van der Waals surface area contributed by atoms with E-state index in [4.69, 9.17) is 0 Å². The van der Waals surface area contributed by atoms with Gasteiger partial charge in [0.2, 0.25) is 0 Å². The third kappa shape index (κ3) is 1.75. The average molecular weight is 173 g/mol. The first-order valence-electron chi connectivity index (χ1n) is 4.22. The van der Waals surface area contributed by atoms with Gasteiger partial charge < -0.3 is 4.57 Å². The summed E-state index contributed by atoms with van der Waals surface area (Å²) in [4.78, 5) is 8.04. The molecule has 66 valence electrons. The fourth-order valence-electron chi connectivity index (χ4n) is 1.24. The smallest absolute Gasteiger partial charge is 0.0951 e. The first-order valence-corrected chi connectivity index (χ1v) is 4.22. The van der Waals surface area contributed by atoms with Crippen molar-refractivity contribution in [2.75, 3.05) is 0 Å². The van der Waals surface area contributed by atoms with Crippen LogP contribution in [0.25, 0.3) is 0 Å². The molecule has 0 fully saturated rings. The summed E-state index contributed by atoms with van der Waals surface area (Å²) in [7, 11) is 0. The minimum absolute atomic E-state index is 0.869. The first kappa shape index (κ1) is 7.98. The normalized spacial score (nSPS) is 10.2. The molecule has 0 radical (unpaired) electrons. The third-order valence-electron chi connectivity index (χ3n) is 2.02. The molecule has 0 aliphatic carbocycles. The standard InChI is InChI=1S/C10H11N3/c1-9-6-12-8-13(9)7-10-2-4-11-5-3-10/h2-6,8H,7H2,1H3. The molecule has 2 rings (SSSR count). The number of hydrogen-bond acceptors (Lipinski definition) is 2. The molecule has 0 aliphatic heterocycles. The van der Waals surface area contributed by atoms with E-state index >= 15 is 0 Å². The van der Waals surface area contributed by atoms with Gasteiger partial charge in [-0.15, -0.1) is 0 Å². The molecule has 0 atom stereocenters. The lowest BCUT2D eigenvalue weighted by Gasteiger charge is -2.03. The SMILES string of the molecule is Cc1cncn1Cc1ccncc1. The van der Waals surface area contributed by atoms with Gasteiger partial charge in [-0.1, -0.05) is 0 Å². The van der Waals surface area contributed by atoms with Crippen LogP contribution in [0.4, 0.5) is 0 Å². The second-order valence-corrected chi connectivity index (χ2v) is 3.02. The van der Waals surface area contributed by atoms with E-state index in [0.29, 0.717) is 0 Å². The summed E-state index contributed by atoms with van der Waals surface area (Å²) in [5, 5.41) is 0. The van der Waals surface area contributed by atoms with Gasteiger partial charge in [0.15, 0.2) is 0 Å². The lowest BCUT2D eigenvalue weighted by molar-refractivity contribution is 0.769. The maximum absolute atomic E-state index is 4.07. The Morgan fingerprint density at radius 3 is 2.62 bits per heavy atom. The second kappa shape index (κ2) is 3.39. The van der Waals surface area contributed by atoms with Gasteiger partial charge >= 0.3 is 0 Å². The number of pyridine rings is 1. The van der Waals surface area contributed by atoms with Gasteiger partial charge in [0.05, 0.1) is 6.33 Å². The largest absolute Gasteiger partial charge is 0.330 e. The van der Waals surface area contributed by atoms with Gasteiger partial charge in [-0.05, 0) is 24.6 Å². The van der Waals surface area contributed by atoms with Crippen LogP contribution in [-0.4, -0.2) is 14.5 Å². The maximum atomic E-state index is 4.07. The van der Waals surface area contributed by atoms with Crippen molar-refractivity contribution in [3.05, 3.63) is 48.3 Å². The second-order valence-electron chi connectivity index (χ2n) is 3.02. The van der Waals surface area contributed by atoms with Crippen LogP contribution < -0.4 is 0 Å². The zero-order chi connectivity index (χ0) is 9.10. The summed E-state index contributed by atoms with van der Waals surface area (Å²) < 4.78 is 2.11. The first-order chi connectivity index (χ1) is 6.36. The van der Waals surface area contributed by atoms with Gasteiger partial charge in [-0.25, -0.2) is 4.98 Å². The molecule has 13 heavy (non-hydrogen) atoms. The summed E-state index contributed by atoms with van der Waals surface area (Å²) in [5.74, 6) is 0. The zero-order valence-electron chi connectivity index (χ0n) is 7.51. The van der Waals surface area contributed by atoms with Crippen LogP contribution in [0.1, 0.15) is 11.3 Å². The molecule has 3 heteroatoms. The number of aromatic nitrogens is 3. The molecule has 0 amide bonds.